The van der Waals surface area contributed by atoms with Gasteiger partial charge in [-0.2, -0.15) is 25.3 Å². The minimum absolute atomic E-state index is 0.538. The predicted octanol–water partition coefficient (Wildman–Crippen LogP) is 1.28. The molecule has 1 unspecified atom stereocenters. The molecule has 0 aromatic carbocycles. The molecule has 0 spiro atoms. The van der Waals surface area contributed by atoms with Gasteiger partial charge in [-0.05, 0) is 13.8 Å². The summed E-state index contributed by atoms with van der Waals surface area (Å²) in [6.45, 7) is 3.22. The Balaban J connectivity index is 4.04. The summed E-state index contributed by atoms with van der Waals surface area (Å²) in [5, 5.41) is 8.42. The fourth-order valence-corrected chi connectivity index (χ4v) is 0.455. The van der Waals surface area contributed by atoms with E-state index in [4.69, 9.17) is 5.11 Å². The zero-order valence-electron chi connectivity index (χ0n) is 5.33. The molecule has 0 fully saturated rings. The van der Waals surface area contributed by atoms with Gasteiger partial charge in [0.1, 0.15) is 0 Å². The number of hydrogen-bond donors (Lipinski definition) is 3. The lowest BCUT2D eigenvalue weighted by Gasteiger charge is -2.20. The highest BCUT2D eigenvalue weighted by Gasteiger charge is 2.28. The molecule has 1 atom stereocenters. The third-order valence-corrected chi connectivity index (χ3v) is 1.97. The molecule has 0 aliphatic rings. The highest BCUT2D eigenvalue weighted by molar-refractivity contribution is 8.00. The van der Waals surface area contributed by atoms with Gasteiger partial charge in [0.15, 0.2) is 0 Å². The predicted molar refractivity (Wildman–Crippen MR) is 43.2 cm³/mol. The van der Waals surface area contributed by atoms with Gasteiger partial charge in [0.05, 0.1) is 10.00 Å². The summed E-state index contributed by atoms with van der Waals surface area (Å²) in [6, 6.07) is 0. The molecule has 0 radical (unpaired) electrons. The molecule has 0 rings (SSSR count). The largest absolute Gasteiger partial charge is 0.481 e. The van der Waals surface area contributed by atoms with Crippen LogP contribution in [0.2, 0.25) is 0 Å². The van der Waals surface area contributed by atoms with Crippen molar-refractivity contribution in [3.05, 3.63) is 0 Å². The van der Waals surface area contributed by atoms with E-state index in [9.17, 15) is 4.79 Å². The summed E-state index contributed by atoms with van der Waals surface area (Å²) in [5.74, 6) is -1.41. The van der Waals surface area contributed by atoms with Gasteiger partial charge in [0.25, 0.3) is 0 Å². The number of aliphatic carboxylic acids is 1. The molecule has 0 aliphatic heterocycles. The summed E-state index contributed by atoms with van der Waals surface area (Å²) < 4.78 is -0.730. The topological polar surface area (TPSA) is 37.3 Å². The maximum absolute atomic E-state index is 10.2. The zero-order valence-corrected chi connectivity index (χ0v) is 7.12. The van der Waals surface area contributed by atoms with E-state index in [1.807, 2.05) is 0 Å². The minimum Gasteiger partial charge on any atom is -0.481 e. The molecule has 0 bridgehead atoms. The van der Waals surface area contributed by atoms with E-state index in [-0.39, 0.29) is 0 Å². The molecule has 0 heterocycles. The summed E-state index contributed by atoms with van der Waals surface area (Å²) in [5.41, 5.74) is 0. The van der Waals surface area contributed by atoms with Crippen LogP contribution >= 0.6 is 25.3 Å². The van der Waals surface area contributed by atoms with Crippen molar-refractivity contribution < 1.29 is 9.90 Å². The van der Waals surface area contributed by atoms with Crippen LogP contribution in [0.25, 0.3) is 0 Å². The fraction of sp³-hybridized carbons (Fsp3) is 0.800. The molecule has 0 saturated heterocycles. The first-order chi connectivity index (χ1) is 3.85. The van der Waals surface area contributed by atoms with E-state index in [2.05, 4.69) is 25.3 Å². The molecule has 0 saturated carbocycles. The van der Waals surface area contributed by atoms with Gasteiger partial charge in [-0.15, -0.1) is 0 Å². The second-order valence-corrected chi connectivity index (χ2v) is 4.36. The van der Waals surface area contributed by atoms with E-state index in [1.165, 1.54) is 0 Å². The molecule has 2 nitrogen and oxygen atoms in total. The highest BCUT2D eigenvalue weighted by atomic mass is 32.2. The van der Waals surface area contributed by atoms with Gasteiger partial charge in [-0.3, -0.25) is 4.79 Å². The Kier molecular flexibility index (Phi) is 2.89. The van der Waals surface area contributed by atoms with E-state index < -0.39 is 16.0 Å². The fourth-order valence-electron chi connectivity index (χ4n) is 0.234. The average Bonchev–Trinajstić information content (AvgIpc) is 1.62. The summed E-state index contributed by atoms with van der Waals surface area (Å²) in [4.78, 5) is 10.2. The average molecular weight is 166 g/mol. The number of carbonyl (C=O) groups is 1. The Morgan fingerprint density at radius 2 is 2.00 bits per heavy atom. The first-order valence-corrected chi connectivity index (χ1v) is 3.42. The first-order valence-electron chi connectivity index (χ1n) is 2.53. The monoisotopic (exact) mass is 166 g/mol. The van der Waals surface area contributed by atoms with Crippen LogP contribution in [0.3, 0.4) is 0 Å². The van der Waals surface area contributed by atoms with Crippen molar-refractivity contribution in [1.82, 2.24) is 0 Å². The Hall–Kier alpha value is 0.170. The molecule has 9 heavy (non-hydrogen) atoms. The first kappa shape index (κ1) is 9.17. The molecular formula is C5H10O2S2. The van der Waals surface area contributed by atoms with E-state index in [1.54, 1.807) is 13.8 Å². The summed E-state index contributed by atoms with van der Waals surface area (Å²) >= 11 is 7.94. The zero-order chi connectivity index (χ0) is 7.65. The lowest BCUT2D eigenvalue weighted by atomic mass is 10.1. The molecule has 4 heteroatoms. The van der Waals surface area contributed by atoms with Crippen LogP contribution in [0.1, 0.15) is 13.8 Å². The molecule has 0 aromatic rings. The Bertz CT molecular complexity index is 117. The van der Waals surface area contributed by atoms with Crippen molar-refractivity contribution in [3.63, 3.8) is 0 Å². The van der Waals surface area contributed by atoms with Crippen LogP contribution in [-0.4, -0.2) is 15.2 Å². The number of carboxylic acid groups (broad SMARTS) is 1. The summed E-state index contributed by atoms with van der Waals surface area (Å²) in [6.07, 6.45) is 0. The highest BCUT2D eigenvalue weighted by Crippen LogP contribution is 2.28. The maximum atomic E-state index is 10.2. The second kappa shape index (κ2) is 2.84. The summed E-state index contributed by atoms with van der Waals surface area (Å²) in [7, 11) is 0. The van der Waals surface area contributed by atoms with Gasteiger partial charge >= 0.3 is 5.97 Å². The maximum Gasteiger partial charge on any atom is 0.308 e. The van der Waals surface area contributed by atoms with Crippen LogP contribution in [-0.2, 0) is 4.79 Å². The Morgan fingerprint density at radius 1 is 1.67 bits per heavy atom. The third kappa shape index (κ3) is 3.01. The van der Waals surface area contributed by atoms with Crippen molar-refractivity contribution in [2.45, 2.75) is 17.9 Å². The lowest BCUT2D eigenvalue weighted by molar-refractivity contribution is -0.141. The van der Waals surface area contributed by atoms with Crippen LogP contribution in [0.5, 0.6) is 0 Å². The van der Waals surface area contributed by atoms with E-state index >= 15 is 0 Å². The normalized spacial score (nSPS) is 15.1. The van der Waals surface area contributed by atoms with E-state index in [0.717, 1.165) is 0 Å². The second-order valence-electron chi connectivity index (χ2n) is 2.15. The SMILES string of the molecule is CC(C(=O)O)C(C)(S)S. The van der Waals surface area contributed by atoms with E-state index in [0.29, 0.717) is 0 Å². The molecular weight excluding hydrogens is 156 g/mol. The van der Waals surface area contributed by atoms with Crippen molar-refractivity contribution in [1.29, 1.82) is 0 Å². The minimum atomic E-state index is -0.873. The van der Waals surface area contributed by atoms with Gasteiger partial charge < -0.3 is 5.11 Å². The lowest BCUT2D eigenvalue weighted by Crippen LogP contribution is -2.26. The van der Waals surface area contributed by atoms with Gasteiger partial charge in [0.2, 0.25) is 0 Å². The molecule has 0 aromatic heterocycles. The molecule has 0 amide bonds. The number of thiol groups is 2. The third-order valence-electron chi connectivity index (χ3n) is 1.19. The van der Waals surface area contributed by atoms with Crippen molar-refractivity contribution >= 4 is 31.2 Å². The van der Waals surface area contributed by atoms with Gasteiger partial charge in [-0.25, -0.2) is 0 Å². The molecule has 0 aliphatic carbocycles. The Morgan fingerprint density at radius 3 is 2.00 bits per heavy atom. The van der Waals surface area contributed by atoms with Gasteiger partial charge in [-0.1, -0.05) is 0 Å². The number of rotatable bonds is 2. The standard InChI is InChI=1S/C5H10O2S2/c1-3(4(6)7)5(2,8)9/h3,8-9H,1-2H3,(H,6,7). The van der Waals surface area contributed by atoms with Gasteiger partial charge in [0, 0.05) is 0 Å². The number of hydrogen-bond acceptors (Lipinski definition) is 3. The van der Waals surface area contributed by atoms with Crippen molar-refractivity contribution in [3.8, 4) is 0 Å². The van der Waals surface area contributed by atoms with Crippen LogP contribution in [0.15, 0.2) is 0 Å². The number of carboxylic acids is 1. The smallest absolute Gasteiger partial charge is 0.308 e. The van der Waals surface area contributed by atoms with Crippen LogP contribution in [0, 0.1) is 5.92 Å². The Labute approximate surface area is 65.5 Å². The molecule has 1 N–H and O–H groups in total. The van der Waals surface area contributed by atoms with Crippen LogP contribution < -0.4 is 0 Å². The quantitative estimate of drug-likeness (QED) is 0.427. The van der Waals surface area contributed by atoms with Crippen molar-refractivity contribution in [2.75, 3.05) is 0 Å². The van der Waals surface area contributed by atoms with Crippen molar-refractivity contribution in [2.24, 2.45) is 5.92 Å². The molecule has 54 valence electrons. The van der Waals surface area contributed by atoms with Crippen LogP contribution in [0.4, 0.5) is 0 Å².